The molecule has 0 unspecified atom stereocenters. The largest absolute Gasteiger partial charge is 0.465 e. The Bertz CT molecular complexity index is 973. The Hall–Kier alpha value is -2.34. The SMILES string of the molecule is COC(=O)c1cc(C/C(C)=C\C=C(/C)c2cc(Br)ccc2C)cc(C(F)(F)F)c1. The Morgan fingerprint density at radius 1 is 1.10 bits per heavy atom. The monoisotopic (exact) mass is 466 g/mol. The van der Waals surface area contributed by atoms with Crippen molar-refractivity contribution in [3.05, 3.63) is 86.4 Å². The van der Waals surface area contributed by atoms with E-state index in [1.54, 1.807) is 0 Å². The summed E-state index contributed by atoms with van der Waals surface area (Å²) in [7, 11) is 1.14. The predicted octanol–water partition coefficient (Wildman–Crippen LogP) is 7.16. The lowest BCUT2D eigenvalue weighted by Gasteiger charge is -2.12. The molecule has 0 bridgehead atoms. The maximum absolute atomic E-state index is 13.2. The van der Waals surface area contributed by atoms with Gasteiger partial charge in [-0.05, 0) is 79.8 Å². The highest BCUT2D eigenvalue weighted by Crippen LogP contribution is 2.31. The Labute approximate surface area is 177 Å². The van der Waals surface area contributed by atoms with Gasteiger partial charge in [0.2, 0.25) is 0 Å². The average Bonchev–Trinajstić information content (AvgIpc) is 2.66. The van der Waals surface area contributed by atoms with Crippen molar-refractivity contribution in [3.63, 3.8) is 0 Å². The van der Waals surface area contributed by atoms with E-state index in [9.17, 15) is 18.0 Å². The summed E-state index contributed by atoms with van der Waals surface area (Å²) in [6, 6.07) is 9.34. The second kappa shape index (κ2) is 9.44. The Kier molecular flexibility index (Phi) is 7.47. The summed E-state index contributed by atoms with van der Waals surface area (Å²) >= 11 is 3.46. The van der Waals surface area contributed by atoms with Crippen LogP contribution in [0.2, 0.25) is 0 Å². The minimum absolute atomic E-state index is 0.110. The van der Waals surface area contributed by atoms with Crippen molar-refractivity contribution in [1.82, 2.24) is 0 Å². The van der Waals surface area contributed by atoms with Crippen molar-refractivity contribution in [2.24, 2.45) is 0 Å². The molecule has 2 aromatic rings. The fourth-order valence-corrected chi connectivity index (χ4v) is 3.31. The highest BCUT2D eigenvalue weighted by molar-refractivity contribution is 9.10. The fourth-order valence-electron chi connectivity index (χ4n) is 2.95. The highest BCUT2D eigenvalue weighted by atomic mass is 79.9. The van der Waals surface area contributed by atoms with E-state index >= 15 is 0 Å². The molecule has 154 valence electrons. The third-order valence-corrected chi connectivity index (χ3v) is 4.96. The van der Waals surface area contributed by atoms with Crippen molar-refractivity contribution in [1.29, 1.82) is 0 Å². The molecule has 0 fully saturated rings. The summed E-state index contributed by atoms with van der Waals surface area (Å²) in [6.45, 7) is 5.85. The molecule has 2 aromatic carbocycles. The molecule has 0 amide bonds. The Balaban J connectivity index is 2.32. The summed E-state index contributed by atoms with van der Waals surface area (Å²) in [5, 5.41) is 0. The average molecular weight is 467 g/mol. The second-order valence-electron chi connectivity index (χ2n) is 6.91. The van der Waals surface area contributed by atoms with E-state index in [4.69, 9.17) is 0 Å². The first kappa shape index (κ1) is 22.9. The maximum Gasteiger partial charge on any atom is 0.416 e. The van der Waals surface area contributed by atoms with Gasteiger partial charge in [-0.25, -0.2) is 4.79 Å². The number of esters is 1. The van der Waals surface area contributed by atoms with Crippen LogP contribution >= 0.6 is 15.9 Å². The number of ether oxygens (including phenoxy) is 1. The van der Waals surface area contributed by atoms with Crippen molar-refractivity contribution >= 4 is 27.5 Å². The summed E-state index contributed by atoms with van der Waals surface area (Å²) < 4.78 is 45.1. The Morgan fingerprint density at radius 3 is 2.41 bits per heavy atom. The van der Waals surface area contributed by atoms with Gasteiger partial charge in [0.25, 0.3) is 0 Å². The molecule has 0 aromatic heterocycles. The van der Waals surface area contributed by atoms with E-state index in [0.717, 1.165) is 46.0 Å². The van der Waals surface area contributed by atoms with Crippen molar-refractivity contribution in [2.45, 2.75) is 33.4 Å². The summed E-state index contributed by atoms with van der Waals surface area (Å²) in [4.78, 5) is 11.7. The molecule has 0 radical (unpaired) electrons. The third kappa shape index (κ3) is 6.32. The zero-order valence-corrected chi connectivity index (χ0v) is 18.2. The molecule has 6 heteroatoms. The quantitative estimate of drug-likeness (QED) is 0.345. The molecule has 0 aliphatic carbocycles. The van der Waals surface area contributed by atoms with Crippen LogP contribution < -0.4 is 0 Å². The number of hydrogen-bond donors (Lipinski definition) is 0. The molecule has 0 spiro atoms. The number of allylic oxidation sites excluding steroid dienone is 4. The smallest absolute Gasteiger partial charge is 0.416 e. The van der Waals surface area contributed by atoms with E-state index < -0.39 is 17.7 Å². The molecule has 0 saturated heterocycles. The summed E-state index contributed by atoms with van der Waals surface area (Å²) in [5.41, 5.74) is 3.57. The molecule has 2 rings (SSSR count). The third-order valence-electron chi connectivity index (χ3n) is 4.47. The number of halogens is 4. The lowest BCUT2D eigenvalue weighted by atomic mass is 9.98. The highest BCUT2D eigenvalue weighted by Gasteiger charge is 2.31. The summed E-state index contributed by atoms with van der Waals surface area (Å²) in [6.07, 6.45) is -0.424. The molecule has 0 atom stereocenters. The van der Waals surface area contributed by atoms with Gasteiger partial charge in [0.15, 0.2) is 0 Å². The lowest BCUT2D eigenvalue weighted by Crippen LogP contribution is -2.10. The van der Waals surface area contributed by atoms with Gasteiger partial charge in [-0.15, -0.1) is 0 Å². The molecule has 0 saturated carbocycles. The van der Waals surface area contributed by atoms with Gasteiger partial charge in [-0.3, -0.25) is 0 Å². The van der Waals surface area contributed by atoms with Gasteiger partial charge in [-0.1, -0.05) is 39.7 Å². The number of alkyl halides is 3. The van der Waals surface area contributed by atoms with Crippen LogP contribution in [0.3, 0.4) is 0 Å². The number of carbonyl (C=O) groups is 1. The fraction of sp³-hybridized carbons (Fsp3) is 0.261. The van der Waals surface area contributed by atoms with Crippen LogP contribution in [0.25, 0.3) is 5.57 Å². The van der Waals surface area contributed by atoms with Gasteiger partial charge >= 0.3 is 12.1 Å². The zero-order chi connectivity index (χ0) is 21.8. The lowest BCUT2D eigenvalue weighted by molar-refractivity contribution is -0.137. The standard InChI is InChI=1S/C23H22BrF3O2/c1-14(5-6-15(2)21-13-20(24)8-7-16(21)3)9-17-10-18(22(28)29-4)12-19(11-17)23(25,26)27/h5-8,10-13H,9H2,1-4H3/b14-5-,15-6+. The van der Waals surface area contributed by atoms with Gasteiger partial charge in [0.1, 0.15) is 0 Å². The zero-order valence-electron chi connectivity index (χ0n) is 16.7. The molecule has 29 heavy (non-hydrogen) atoms. The Morgan fingerprint density at radius 2 is 1.79 bits per heavy atom. The normalized spacial score (nSPS) is 12.8. The van der Waals surface area contributed by atoms with Crippen LogP contribution in [0.5, 0.6) is 0 Å². The summed E-state index contributed by atoms with van der Waals surface area (Å²) in [5.74, 6) is -0.792. The minimum Gasteiger partial charge on any atom is -0.465 e. The van der Waals surface area contributed by atoms with E-state index in [2.05, 4.69) is 20.7 Å². The van der Waals surface area contributed by atoms with Gasteiger partial charge in [0, 0.05) is 4.47 Å². The van der Waals surface area contributed by atoms with Gasteiger partial charge in [-0.2, -0.15) is 13.2 Å². The first-order valence-electron chi connectivity index (χ1n) is 8.91. The van der Waals surface area contributed by atoms with Crippen LogP contribution in [0.4, 0.5) is 13.2 Å². The number of benzene rings is 2. The van der Waals surface area contributed by atoms with E-state index in [0.29, 0.717) is 5.56 Å². The predicted molar refractivity (Wildman–Crippen MR) is 113 cm³/mol. The first-order valence-corrected chi connectivity index (χ1v) is 9.70. The number of carbonyl (C=O) groups excluding carboxylic acids is 1. The van der Waals surface area contributed by atoms with E-state index in [1.807, 2.05) is 51.1 Å². The number of methoxy groups -OCH3 is 1. The topological polar surface area (TPSA) is 26.3 Å². The molecule has 0 aliphatic heterocycles. The van der Waals surface area contributed by atoms with Gasteiger partial charge in [0.05, 0.1) is 18.2 Å². The van der Waals surface area contributed by atoms with Crippen molar-refractivity contribution < 1.29 is 22.7 Å². The first-order chi connectivity index (χ1) is 13.5. The van der Waals surface area contributed by atoms with Crippen LogP contribution in [-0.2, 0) is 17.3 Å². The van der Waals surface area contributed by atoms with Crippen LogP contribution in [-0.4, -0.2) is 13.1 Å². The van der Waals surface area contributed by atoms with Crippen LogP contribution in [0, 0.1) is 6.92 Å². The molecular weight excluding hydrogens is 445 g/mol. The van der Waals surface area contributed by atoms with E-state index in [1.165, 1.54) is 6.07 Å². The molecule has 2 nitrogen and oxygen atoms in total. The molecular formula is C23H22BrF3O2. The van der Waals surface area contributed by atoms with Crippen LogP contribution in [0.1, 0.15) is 46.5 Å². The van der Waals surface area contributed by atoms with Gasteiger partial charge < -0.3 is 4.74 Å². The minimum atomic E-state index is -4.54. The second-order valence-corrected chi connectivity index (χ2v) is 7.82. The number of hydrogen-bond acceptors (Lipinski definition) is 2. The number of rotatable bonds is 5. The molecule has 0 aliphatic rings. The molecule has 0 N–H and O–H groups in total. The number of aryl methyl sites for hydroxylation is 1. The van der Waals surface area contributed by atoms with Crippen molar-refractivity contribution in [3.8, 4) is 0 Å². The van der Waals surface area contributed by atoms with Crippen molar-refractivity contribution in [2.75, 3.05) is 7.11 Å². The maximum atomic E-state index is 13.2. The van der Waals surface area contributed by atoms with E-state index in [-0.39, 0.29) is 12.0 Å². The van der Waals surface area contributed by atoms with Crippen LogP contribution in [0.15, 0.2) is 58.6 Å². The molecule has 0 heterocycles.